The van der Waals surface area contributed by atoms with Crippen LogP contribution in [0.1, 0.15) is 98.3 Å². The van der Waals surface area contributed by atoms with Gasteiger partial charge in [-0.3, -0.25) is 20.2 Å². The minimum Gasteiger partial charge on any atom is -0.393 e. The van der Waals surface area contributed by atoms with E-state index in [4.69, 9.17) is 0 Å². The molecule has 7 heteroatoms. The zero-order chi connectivity index (χ0) is 24.8. The summed E-state index contributed by atoms with van der Waals surface area (Å²) in [5, 5.41) is 32.4. The maximum atomic E-state index is 11.1. The Hall–Kier alpha value is -1.50. The van der Waals surface area contributed by atoms with Gasteiger partial charge in [-0.05, 0) is 105 Å². The highest BCUT2D eigenvalue weighted by Gasteiger charge is 2.59. The normalized spacial score (nSPS) is 41.1. The van der Waals surface area contributed by atoms with Crippen molar-refractivity contribution in [2.45, 2.75) is 111 Å². The smallest absolute Gasteiger partial charge is 0.393 e. The van der Waals surface area contributed by atoms with Crippen LogP contribution in [0.15, 0.2) is 11.6 Å². The van der Waals surface area contributed by atoms with Gasteiger partial charge in [-0.25, -0.2) is 0 Å². The van der Waals surface area contributed by atoms with E-state index in [1.54, 1.807) is 6.92 Å². The summed E-state index contributed by atoms with van der Waals surface area (Å²) in [7, 11) is 0. The summed E-state index contributed by atoms with van der Waals surface area (Å²) in [6.07, 6.45) is 12.2. The summed E-state index contributed by atoms with van der Waals surface area (Å²) in [4.78, 5) is 20.7. The molecular weight excluding hydrogens is 432 g/mol. The molecule has 0 bridgehead atoms. The van der Waals surface area contributed by atoms with Gasteiger partial charge < -0.3 is 5.11 Å². The molecule has 192 valence electrons. The van der Waals surface area contributed by atoms with Crippen molar-refractivity contribution >= 4 is 0 Å². The first kappa shape index (κ1) is 25.6. The van der Waals surface area contributed by atoms with Crippen LogP contribution in [0.2, 0.25) is 0 Å². The third kappa shape index (κ3) is 4.31. The molecule has 0 spiro atoms. The Kier molecular flexibility index (Phi) is 7.16. The van der Waals surface area contributed by atoms with E-state index in [1.165, 1.54) is 37.7 Å². The van der Waals surface area contributed by atoms with Gasteiger partial charge >= 0.3 is 6.17 Å². The number of rotatable bonds is 8. The fraction of sp³-hybridized carbons (Fsp3) is 0.926. The van der Waals surface area contributed by atoms with E-state index in [0.717, 1.165) is 49.9 Å². The fourth-order valence-corrected chi connectivity index (χ4v) is 9.22. The van der Waals surface area contributed by atoms with Gasteiger partial charge in [0.15, 0.2) is 0 Å². The zero-order valence-corrected chi connectivity index (χ0v) is 21.4. The number of nitro groups is 2. The van der Waals surface area contributed by atoms with Crippen LogP contribution in [0.25, 0.3) is 0 Å². The van der Waals surface area contributed by atoms with Gasteiger partial charge in [0.25, 0.3) is 0 Å². The first-order chi connectivity index (χ1) is 16.0. The van der Waals surface area contributed by atoms with E-state index in [-0.39, 0.29) is 11.5 Å². The van der Waals surface area contributed by atoms with Gasteiger partial charge in [0, 0.05) is 0 Å². The number of nitrogens with zero attached hydrogens (tertiary/aromatic N) is 2. The van der Waals surface area contributed by atoms with Crippen LogP contribution < -0.4 is 0 Å². The Labute approximate surface area is 204 Å². The number of fused-ring (bicyclic) bond motifs is 5. The van der Waals surface area contributed by atoms with Crippen molar-refractivity contribution in [2.75, 3.05) is 0 Å². The minimum absolute atomic E-state index is 0.157. The van der Waals surface area contributed by atoms with Crippen molar-refractivity contribution in [2.24, 2.45) is 46.3 Å². The second-order valence-corrected chi connectivity index (χ2v) is 12.8. The molecule has 0 amide bonds. The SMILES string of the molecule is CC(CCC[C@@H](C)[C@H]1CC[C@H]2[C@@H]3CC=C4C[C@@H](O)CC[C@]4(C)[C@H]3CC[C@]12C)C([N+](=O)[O-])[N+](=O)[O-]. The highest BCUT2D eigenvalue weighted by atomic mass is 16.7. The van der Waals surface area contributed by atoms with Crippen LogP contribution in [0, 0.1) is 66.6 Å². The van der Waals surface area contributed by atoms with Crippen LogP contribution in [-0.4, -0.2) is 27.2 Å². The molecule has 1 N–H and O–H groups in total. The summed E-state index contributed by atoms with van der Waals surface area (Å²) in [6, 6.07) is 0. The molecule has 4 aliphatic rings. The highest BCUT2D eigenvalue weighted by Crippen LogP contribution is 2.67. The van der Waals surface area contributed by atoms with E-state index in [0.29, 0.717) is 23.7 Å². The highest BCUT2D eigenvalue weighted by molar-refractivity contribution is 5.25. The van der Waals surface area contributed by atoms with E-state index >= 15 is 0 Å². The van der Waals surface area contributed by atoms with Crippen LogP contribution in [0.3, 0.4) is 0 Å². The maximum Gasteiger partial charge on any atom is 0.453 e. The van der Waals surface area contributed by atoms with Crippen molar-refractivity contribution < 1.29 is 15.0 Å². The van der Waals surface area contributed by atoms with Crippen molar-refractivity contribution in [3.05, 3.63) is 31.9 Å². The van der Waals surface area contributed by atoms with Gasteiger partial charge in [-0.1, -0.05) is 45.3 Å². The van der Waals surface area contributed by atoms with Crippen LogP contribution in [0.4, 0.5) is 0 Å². The largest absolute Gasteiger partial charge is 0.453 e. The summed E-state index contributed by atoms with van der Waals surface area (Å²) >= 11 is 0. The van der Waals surface area contributed by atoms with Gasteiger partial charge in [-0.15, -0.1) is 0 Å². The first-order valence-corrected chi connectivity index (χ1v) is 13.6. The molecule has 3 fully saturated rings. The summed E-state index contributed by atoms with van der Waals surface area (Å²) in [5.41, 5.74) is 2.15. The second kappa shape index (κ2) is 9.51. The van der Waals surface area contributed by atoms with Crippen LogP contribution in [0.5, 0.6) is 0 Å². The molecule has 7 nitrogen and oxygen atoms in total. The Bertz CT molecular complexity index is 816. The molecular formula is C27H44N2O5. The predicted molar refractivity (Wildman–Crippen MR) is 131 cm³/mol. The molecule has 0 aromatic carbocycles. The average Bonchev–Trinajstić information content (AvgIpc) is 3.11. The molecule has 3 saturated carbocycles. The van der Waals surface area contributed by atoms with Crippen molar-refractivity contribution in [1.29, 1.82) is 0 Å². The molecule has 0 radical (unpaired) electrons. The standard InChI is InChI=1S/C27H44N2O5/c1-17(6-5-7-18(2)25(28(31)32)29(33)34)22-10-11-23-21-9-8-19-16-20(30)12-14-26(19,3)24(21)13-15-27(22,23)4/h8,17-18,20-25,30H,5-7,9-16H2,1-4H3/t17-,18?,20+,21+,22-,23+,24+,26+,27-/m1/s1. The molecule has 4 rings (SSSR count). The quantitative estimate of drug-likeness (QED) is 0.193. The minimum atomic E-state index is -1.69. The Morgan fingerprint density at radius 2 is 1.74 bits per heavy atom. The lowest BCUT2D eigenvalue weighted by Gasteiger charge is -2.58. The number of hydrogen-bond acceptors (Lipinski definition) is 5. The van der Waals surface area contributed by atoms with Gasteiger partial charge in [-0.2, -0.15) is 0 Å². The summed E-state index contributed by atoms with van der Waals surface area (Å²) in [5.74, 6) is 2.92. The monoisotopic (exact) mass is 476 g/mol. The summed E-state index contributed by atoms with van der Waals surface area (Å²) in [6.45, 7) is 9.00. The lowest BCUT2D eigenvalue weighted by atomic mass is 9.47. The van der Waals surface area contributed by atoms with Crippen molar-refractivity contribution in [1.82, 2.24) is 0 Å². The number of allylic oxidation sites excluding steroid dienone is 1. The molecule has 4 aliphatic carbocycles. The predicted octanol–water partition coefficient (Wildman–Crippen LogP) is 6.25. The average molecular weight is 477 g/mol. The lowest BCUT2D eigenvalue weighted by Crippen LogP contribution is -2.50. The topological polar surface area (TPSA) is 107 Å². The Morgan fingerprint density at radius 3 is 2.41 bits per heavy atom. The van der Waals surface area contributed by atoms with E-state index in [2.05, 4.69) is 26.8 Å². The molecule has 0 saturated heterocycles. The molecule has 9 atom stereocenters. The van der Waals surface area contributed by atoms with Crippen LogP contribution in [-0.2, 0) is 0 Å². The Balaban J connectivity index is 1.39. The first-order valence-electron chi connectivity index (χ1n) is 13.6. The van der Waals surface area contributed by atoms with Gasteiger partial charge in [0.1, 0.15) is 0 Å². The van der Waals surface area contributed by atoms with Gasteiger partial charge in [0.2, 0.25) is 0 Å². The third-order valence-electron chi connectivity index (χ3n) is 11.1. The number of aliphatic hydroxyl groups excluding tert-OH is 1. The molecule has 0 aromatic rings. The molecule has 0 aliphatic heterocycles. The molecule has 34 heavy (non-hydrogen) atoms. The van der Waals surface area contributed by atoms with E-state index in [1.807, 2.05) is 0 Å². The zero-order valence-electron chi connectivity index (χ0n) is 21.4. The number of hydrogen-bond donors (Lipinski definition) is 1. The lowest BCUT2D eigenvalue weighted by molar-refractivity contribution is -0.751. The fourth-order valence-electron chi connectivity index (χ4n) is 9.22. The van der Waals surface area contributed by atoms with Crippen LogP contribution >= 0.6 is 0 Å². The second-order valence-electron chi connectivity index (χ2n) is 12.8. The Morgan fingerprint density at radius 1 is 1.03 bits per heavy atom. The number of aliphatic hydroxyl groups is 1. The summed E-state index contributed by atoms with van der Waals surface area (Å²) < 4.78 is 0. The third-order valence-corrected chi connectivity index (χ3v) is 11.1. The van der Waals surface area contributed by atoms with Crippen molar-refractivity contribution in [3.63, 3.8) is 0 Å². The van der Waals surface area contributed by atoms with E-state index < -0.39 is 21.9 Å². The van der Waals surface area contributed by atoms with Crippen molar-refractivity contribution in [3.8, 4) is 0 Å². The maximum absolute atomic E-state index is 11.1. The molecule has 1 unspecified atom stereocenters. The van der Waals surface area contributed by atoms with E-state index in [9.17, 15) is 25.3 Å². The molecule has 0 heterocycles. The molecule has 0 aromatic heterocycles. The van der Waals surface area contributed by atoms with Gasteiger partial charge in [0.05, 0.1) is 21.9 Å².